The number of carbonyl (C=O) groups excluding carboxylic acids is 7. The summed E-state index contributed by atoms with van der Waals surface area (Å²) in [6, 6.07) is 6.77. The number of likely N-dealkylation sites (N-methyl/N-ethyl adjacent to an activating group) is 1. The molecule has 7 atom stereocenters. The highest BCUT2D eigenvalue weighted by molar-refractivity contribution is 5.98. The van der Waals surface area contributed by atoms with Crippen LogP contribution in [0, 0.1) is 0 Å². The summed E-state index contributed by atoms with van der Waals surface area (Å²) in [5.74, 6) is -6.98. The molecular weight excluding hydrogens is 983 g/mol. The van der Waals surface area contributed by atoms with E-state index in [1.54, 1.807) is 49.5 Å². The van der Waals surface area contributed by atoms with Crippen LogP contribution in [0.2, 0.25) is 0 Å². The Morgan fingerprint density at radius 3 is 2.03 bits per heavy atom. The maximum Gasteiger partial charge on any atom is 0.326 e. The standard InChI is InChI=1S/C50H71N17O9/c1-2-56-34(15-8-21-58-49(51)52)42(69)62-35-16-9-20-57-41(68)19-18-37(48(75)76)64-46(73)39(24-30-26-60-33-14-7-6-13-32(30)33)66-43(70)36(17-10-22-59-50(53)54)63-45(72)38(23-29-11-4-3-5-12-29)65-47(74)40(67-44(35)71)25-31-27-55-28-61-31/h3-7,11-14,26-28,34-40,56,60H,2,8-10,15-25H2,1H3,(H,55,61)(H,57,68)(H,62,69)(H,63,72)(H,64,73)(H,65,74)(H,66,70)(H,67,71)(H,75,76)(H4,51,52,58)(H4,53,54,59)/t34-,35-,36-,37-,38+,39-,40-/m0/s1. The SMILES string of the molecule is CCN[C@@H](CCCN=C(N)N)C(=O)N[C@H]1CCCNC(=O)CC[C@@H](C(=O)O)NC(=O)[C@H](Cc2c[nH]c3ccccc23)NC(=O)[C@H](CCCN=C(N)N)NC(=O)[C@@H](Cc2ccccc2)NC(=O)[C@H](Cc2cnc[nH]2)NC1=O. The number of H-pyrrole nitrogens is 2. The Labute approximate surface area is 439 Å². The van der Waals surface area contributed by atoms with Gasteiger partial charge in [0.1, 0.15) is 36.3 Å². The molecule has 0 spiro atoms. The number of amides is 7. The molecule has 2 aromatic heterocycles. The number of carbonyl (C=O) groups is 8. The second-order valence-corrected chi connectivity index (χ2v) is 18.3. The fourth-order valence-corrected chi connectivity index (χ4v) is 8.52. The van der Waals surface area contributed by atoms with Crippen molar-refractivity contribution in [2.45, 2.75) is 120 Å². The van der Waals surface area contributed by atoms with Crippen LogP contribution in [-0.2, 0) is 57.6 Å². The molecule has 1 fully saturated rings. The predicted molar refractivity (Wildman–Crippen MR) is 282 cm³/mol. The topological polar surface area (TPSA) is 426 Å². The number of para-hydroxylation sites is 1. The van der Waals surface area contributed by atoms with Gasteiger partial charge in [-0.1, -0.05) is 55.5 Å². The van der Waals surface area contributed by atoms with Crippen LogP contribution in [0.25, 0.3) is 10.9 Å². The Balaban J connectivity index is 1.54. The van der Waals surface area contributed by atoms with Crippen molar-refractivity contribution in [1.82, 2.24) is 57.5 Å². The summed E-state index contributed by atoms with van der Waals surface area (Å²) in [5.41, 5.74) is 24.5. The van der Waals surface area contributed by atoms with Gasteiger partial charge in [-0.25, -0.2) is 9.78 Å². The smallest absolute Gasteiger partial charge is 0.326 e. The highest BCUT2D eigenvalue weighted by atomic mass is 16.4. The zero-order valence-corrected chi connectivity index (χ0v) is 42.4. The molecule has 76 heavy (non-hydrogen) atoms. The van der Waals surface area contributed by atoms with Crippen molar-refractivity contribution in [3.63, 3.8) is 0 Å². The molecule has 26 heteroatoms. The van der Waals surface area contributed by atoms with Crippen LogP contribution < -0.4 is 65.5 Å². The molecule has 4 aromatic rings. The number of nitrogens with zero attached hydrogens (tertiary/aromatic N) is 3. The van der Waals surface area contributed by atoms with E-state index in [2.05, 4.69) is 67.5 Å². The van der Waals surface area contributed by atoms with E-state index < -0.39 is 89.6 Å². The number of carboxylic acid groups (broad SMARTS) is 1. The van der Waals surface area contributed by atoms with Crippen molar-refractivity contribution in [3.05, 3.63) is 90.1 Å². The quantitative estimate of drug-likeness (QED) is 0.0267. The molecule has 2 aromatic carbocycles. The number of hydrogen-bond donors (Lipinski definition) is 15. The lowest BCUT2D eigenvalue weighted by atomic mass is 10.0. The van der Waals surface area contributed by atoms with Crippen molar-refractivity contribution in [3.8, 4) is 0 Å². The van der Waals surface area contributed by atoms with Gasteiger partial charge in [0.2, 0.25) is 41.4 Å². The molecule has 3 heterocycles. The van der Waals surface area contributed by atoms with Crippen LogP contribution in [0.3, 0.4) is 0 Å². The summed E-state index contributed by atoms with van der Waals surface area (Å²) in [7, 11) is 0. The number of rotatable bonds is 19. The van der Waals surface area contributed by atoms with Gasteiger partial charge in [-0.2, -0.15) is 0 Å². The first kappa shape index (κ1) is 58.3. The first-order valence-corrected chi connectivity index (χ1v) is 25.2. The Morgan fingerprint density at radius 2 is 1.36 bits per heavy atom. The van der Waals surface area contributed by atoms with Gasteiger partial charge in [-0.05, 0) is 68.7 Å². The van der Waals surface area contributed by atoms with Gasteiger partial charge in [0.15, 0.2) is 11.9 Å². The minimum absolute atomic E-state index is 0.0160. The van der Waals surface area contributed by atoms with Crippen molar-refractivity contribution < 1.29 is 43.5 Å². The molecule has 5 rings (SSSR count). The van der Waals surface area contributed by atoms with E-state index in [1.165, 1.54) is 12.5 Å². The van der Waals surface area contributed by atoms with Gasteiger partial charge in [0.25, 0.3) is 0 Å². The fraction of sp³-hybridized carbons (Fsp3) is 0.460. The number of aromatic amines is 2. The van der Waals surface area contributed by atoms with Gasteiger partial charge < -0.3 is 80.5 Å². The average Bonchev–Trinajstić information content (AvgIpc) is 4.07. The van der Waals surface area contributed by atoms with E-state index in [0.717, 1.165) is 10.9 Å². The highest BCUT2D eigenvalue weighted by Crippen LogP contribution is 2.20. The highest BCUT2D eigenvalue weighted by Gasteiger charge is 2.35. The fourth-order valence-electron chi connectivity index (χ4n) is 8.52. The Morgan fingerprint density at radius 1 is 0.737 bits per heavy atom. The first-order valence-electron chi connectivity index (χ1n) is 25.2. The minimum Gasteiger partial charge on any atom is -0.480 e. The molecule has 0 saturated carbocycles. The Hall–Kier alpha value is -8.55. The third-order valence-electron chi connectivity index (χ3n) is 12.4. The van der Waals surface area contributed by atoms with E-state index in [-0.39, 0.29) is 95.8 Å². The number of nitrogens with two attached hydrogens (primary N) is 4. The van der Waals surface area contributed by atoms with Crippen molar-refractivity contribution in [2.75, 3.05) is 26.2 Å². The number of fused-ring (bicyclic) bond motifs is 1. The Kier molecular flexibility index (Phi) is 23.0. The molecular formula is C50H71N17O9. The average molecular weight is 1050 g/mol. The van der Waals surface area contributed by atoms with E-state index in [1.807, 2.05) is 18.2 Å². The number of aliphatic imine (C=N–C) groups is 2. The maximum absolute atomic E-state index is 14.7. The number of nitrogens with one attached hydrogen (secondary N) is 10. The van der Waals surface area contributed by atoms with Crippen molar-refractivity contribution in [1.29, 1.82) is 0 Å². The van der Waals surface area contributed by atoms with Gasteiger partial charge in [-0.15, -0.1) is 0 Å². The van der Waals surface area contributed by atoms with E-state index >= 15 is 0 Å². The van der Waals surface area contributed by atoms with Crippen LogP contribution in [-0.4, -0.2) is 148 Å². The summed E-state index contributed by atoms with van der Waals surface area (Å²) >= 11 is 0. The Bertz CT molecular complexity index is 2630. The zero-order valence-electron chi connectivity index (χ0n) is 42.4. The molecule has 1 aliphatic heterocycles. The number of hydrogen-bond acceptors (Lipinski definition) is 12. The second-order valence-electron chi connectivity index (χ2n) is 18.3. The van der Waals surface area contributed by atoms with Gasteiger partial charge in [-0.3, -0.25) is 43.5 Å². The minimum atomic E-state index is -1.58. The number of carboxylic acids is 1. The third kappa shape index (κ3) is 19.1. The zero-order chi connectivity index (χ0) is 55.0. The molecule has 0 bridgehead atoms. The summed E-state index contributed by atoms with van der Waals surface area (Å²) in [4.78, 5) is 131. The predicted octanol–water partition coefficient (Wildman–Crippen LogP) is -2.31. The number of aromatic nitrogens is 3. The summed E-state index contributed by atoms with van der Waals surface area (Å²) in [6.07, 6.45) is 4.31. The first-order chi connectivity index (χ1) is 36.5. The lowest BCUT2D eigenvalue weighted by Gasteiger charge is -2.28. The van der Waals surface area contributed by atoms with Crippen LogP contribution >= 0.6 is 0 Å². The molecule has 1 aliphatic rings. The largest absolute Gasteiger partial charge is 0.480 e. The molecule has 0 aliphatic carbocycles. The lowest BCUT2D eigenvalue weighted by molar-refractivity contribution is -0.142. The third-order valence-corrected chi connectivity index (χ3v) is 12.4. The van der Waals surface area contributed by atoms with Crippen LogP contribution in [0.5, 0.6) is 0 Å². The molecule has 0 unspecified atom stereocenters. The van der Waals surface area contributed by atoms with E-state index in [9.17, 15) is 43.5 Å². The van der Waals surface area contributed by atoms with Gasteiger partial charge in [0, 0.05) is 74.3 Å². The normalized spacial score (nSPS) is 21.1. The van der Waals surface area contributed by atoms with Crippen molar-refractivity contribution >= 4 is 70.1 Å². The van der Waals surface area contributed by atoms with Crippen molar-refractivity contribution in [2.24, 2.45) is 32.9 Å². The van der Waals surface area contributed by atoms with E-state index in [0.29, 0.717) is 29.8 Å². The van der Waals surface area contributed by atoms with Crippen LogP contribution in [0.1, 0.15) is 75.1 Å². The van der Waals surface area contributed by atoms with Gasteiger partial charge in [0.05, 0.1) is 12.4 Å². The second kappa shape index (κ2) is 30.0. The lowest BCUT2D eigenvalue weighted by Crippen LogP contribution is -2.60. The summed E-state index contributed by atoms with van der Waals surface area (Å²) in [5, 5.41) is 33.2. The molecule has 410 valence electrons. The molecule has 1 saturated heterocycles. The monoisotopic (exact) mass is 1050 g/mol. The maximum atomic E-state index is 14.7. The van der Waals surface area contributed by atoms with Crippen LogP contribution in [0.4, 0.5) is 0 Å². The van der Waals surface area contributed by atoms with E-state index in [4.69, 9.17) is 22.9 Å². The molecule has 19 N–H and O–H groups in total. The molecule has 7 amide bonds. The number of imidazole rings is 1. The number of guanidine groups is 2. The molecule has 0 radical (unpaired) electrons. The summed E-state index contributed by atoms with van der Waals surface area (Å²) in [6.45, 7) is 2.48. The van der Waals surface area contributed by atoms with Crippen LogP contribution in [0.15, 0.2) is 83.3 Å². The summed E-state index contributed by atoms with van der Waals surface area (Å²) < 4.78 is 0. The number of benzene rings is 2. The van der Waals surface area contributed by atoms with Gasteiger partial charge >= 0.3 is 5.97 Å². The molecule has 26 nitrogen and oxygen atoms in total. The number of aliphatic carboxylic acids is 1.